The molecule has 0 spiro atoms. The first-order valence-corrected chi connectivity index (χ1v) is 3.55. The molecule has 1 rings (SSSR count). The Hall–Kier alpha value is -0.960. The number of hydrogen-bond acceptors (Lipinski definition) is 1. The minimum atomic E-state index is -2.60. The van der Waals surface area contributed by atoms with Crippen molar-refractivity contribution in [3.8, 4) is 0 Å². The van der Waals surface area contributed by atoms with Gasteiger partial charge < -0.3 is 0 Å². The molecule has 0 aliphatic rings. The van der Waals surface area contributed by atoms with Gasteiger partial charge in [0, 0.05) is 16.1 Å². The molecule has 0 amide bonds. The Balaban J connectivity index is 3.14. The lowest BCUT2D eigenvalue weighted by molar-refractivity contribution is 0.112. The summed E-state index contributed by atoms with van der Waals surface area (Å²) < 4.78 is 24.2. The highest BCUT2D eigenvalue weighted by molar-refractivity contribution is 6.30. The maximum atomic E-state index is 12.1. The standard InChI is InChI=1S/C8H5ClF2O/c9-7-2-5(4-12)1-6(3-7)8(10)11/h1-4,8H. The average Bonchev–Trinajstić information content (AvgIpc) is 2.03. The van der Waals surface area contributed by atoms with E-state index in [1.807, 2.05) is 0 Å². The Bertz CT molecular complexity index is 299. The Labute approximate surface area is 73.0 Å². The molecule has 1 nitrogen and oxygen atoms in total. The summed E-state index contributed by atoms with van der Waals surface area (Å²) in [6.45, 7) is 0. The second kappa shape index (κ2) is 3.63. The highest BCUT2D eigenvalue weighted by Gasteiger charge is 2.08. The van der Waals surface area contributed by atoms with Crippen molar-refractivity contribution in [2.24, 2.45) is 0 Å². The van der Waals surface area contributed by atoms with Gasteiger partial charge in [0.2, 0.25) is 0 Å². The van der Waals surface area contributed by atoms with Gasteiger partial charge in [-0.1, -0.05) is 11.6 Å². The van der Waals surface area contributed by atoms with Crippen molar-refractivity contribution in [1.82, 2.24) is 0 Å². The summed E-state index contributed by atoms with van der Waals surface area (Å²) in [5, 5.41) is 0.148. The number of aldehydes is 1. The van der Waals surface area contributed by atoms with E-state index in [0.29, 0.717) is 6.29 Å². The largest absolute Gasteiger partial charge is 0.298 e. The highest BCUT2D eigenvalue weighted by Crippen LogP contribution is 2.23. The normalized spacial score (nSPS) is 10.3. The molecule has 0 bridgehead atoms. The molecule has 0 fully saturated rings. The van der Waals surface area contributed by atoms with Gasteiger partial charge in [-0.15, -0.1) is 0 Å². The molecule has 0 atom stereocenters. The van der Waals surface area contributed by atoms with Gasteiger partial charge in [0.15, 0.2) is 0 Å². The van der Waals surface area contributed by atoms with E-state index in [-0.39, 0.29) is 16.1 Å². The Morgan fingerprint density at radius 3 is 2.50 bits per heavy atom. The third-order valence-corrected chi connectivity index (χ3v) is 1.55. The van der Waals surface area contributed by atoms with Crippen molar-refractivity contribution in [2.75, 3.05) is 0 Å². The lowest BCUT2D eigenvalue weighted by Crippen LogP contribution is -1.87. The quantitative estimate of drug-likeness (QED) is 0.655. The first-order valence-electron chi connectivity index (χ1n) is 3.17. The first-order chi connectivity index (χ1) is 5.63. The second-order valence-electron chi connectivity index (χ2n) is 2.24. The third kappa shape index (κ3) is 2.01. The minimum absolute atomic E-state index is 0.148. The van der Waals surface area contributed by atoms with Gasteiger partial charge >= 0.3 is 0 Å². The van der Waals surface area contributed by atoms with Crippen molar-refractivity contribution < 1.29 is 13.6 Å². The van der Waals surface area contributed by atoms with E-state index in [1.165, 1.54) is 6.07 Å². The zero-order valence-electron chi connectivity index (χ0n) is 5.93. The molecular formula is C8H5ClF2O. The number of alkyl halides is 2. The van der Waals surface area contributed by atoms with Gasteiger partial charge in [0.05, 0.1) is 0 Å². The number of benzene rings is 1. The number of carbonyl (C=O) groups is 1. The first kappa shape index (κ1) is 9.13. The number of hydrogen-bond donors (Lipinski definition) is 0. The molecule has 64 valence electrons. The minimum Gasteiger partial charge on any atom is -0.298 e. The third-order valence-electron chi connectivity index (χ3n) is 1.33. The van der Waals surface area contributed by atoms with E-state index in [0.717, 1.165) is 12.1 Å². The Kier molecular flexibility index (Phi) is 2.76. The summed E-state index contributed by atoms with van der Waals surface area (Å²) in [4.78, 5) is 10.2. The molecule has 1 aromatic carbocycles. The molecule has 0 saturated carbocycles. The van der Waals surface area contributed by atoms with Crippen LogP contribution in [-0.4, -0.2) is 6.29 Å². The number of halogens is 3. The van der Waals surface area contributed by atoms with Gasteiger partial charge in [-0.05, 0) is 18.2 Å². The molecule has 0 saturated heterocycles. The van der Waals surface area contributed by atoms with Crippen molar-refractivity contribution in [1.29, 1.82) is 0 Å². The molecule has 12 heavy (non-hydrogen) atoms. The Morgan fingerprint density at radius 1 is 1.33 bits per heavy atom. The summed E-state index contributed by atoms with van der Waals surface area (Å²) in [6, 6.07) is 3.59. The fraction of sp³-hybridized carbons (Fsp3) is 0.125. The maximum Gasteiger partial charge on any atom is 0.263 e. The van der Waals surface area contributed by atoms with Crippen molar-refractivity contribution in [3.63, 3.8) is 0 Å². The van der Waals surface area contributed by atoms with Crippen LogP contribution in [0.25, 0.3) is 0 Å². The smallest absolute Gasteiger partial charge is 0.263 e. The van der Waals surface area contributed by atoms with Gasteiger partial charge in [0.1, 0.15) is 6.29 Å². The lowest BCUT2D eigenvalue weighted by Gasteiger charge is -2.00. The zero-order chi connectivity index (χ0) is 9.14. The van der Waals surface area contributed by atoms with Gasteiger partial charge in [-0.25, -0.2) is 8.78 Å². The summed E-state index contributed by atoms with van der Waals surface area (Å²) >= 11 is 5.48. The van der Waals surface area contributed by atoms with Crippen LogP contribution in [0, 0.1) is 0 Å². The summed E-state index contributed by atoms with van der Waals surface area (Å²) in [5.41, 5.74) is -0.0672. The van der Waals surface area contributed by atoms with Gasteiger partial charge in [-0.3, -0.25) is 4.79 Å². The topological polar surface area (TPSA) is 17.1 Å². The molecule has 0 N–H and O–H groups in total. The zero-order valence-corrected chi connectivity index (χ0v) is 6.68. The van der Waals surface area contributed by atoms with Crippen LogP contribution in [0.15, 0.2) is 18.2 Å². The van der Waals surface area contributed by atoms with E-state index in [1.54, 1.807) is 0 Å². The van der Waals surface area contributed by atoms with Crippen LogP contribution in [0.1, 0.15) is 22.3 Å². The average molecular weight is 191 g/mol. The molecule has 0 aliphatic carbocycles. The fourth-order valence-corrected chi connectivity index (χ4v) is 1.08. The summed E-state index contributed by atoms with van der Waals surface area (Å²) in [5.74, 6) is 0. The van der Waals surface area contributed by atoms with Gasteiger partial charge in [-0.2, -0.15) is 0 Å². The molecule has 0 heterocycles. The molecule has 0 aromatic heterocycles. The van der Waals surface area contributed by atoms with Crippen molar-refractivity contribution in [3.05, 3.63) is 34.3 Å². The van der Waals surface area contributed by atoms with Crippen LogP contribution in [0.2, 0.25) is 5.02 Å². The fourth-order valence-electron chi connectivity index (χ4n) is 0.830. The molecular weight excluding hydrogens is 186 g/mol. The molecule has 0 radical (unpaired) electrons. The van der Waals surface area contributed by atoms with E-state index in [9.17, 15) is 13.6 Å². The molecule has 4 heteroatoms. The van der Waals surface area contributed by atoms with Crippen LogP contribution in [0.3, 0.4) is 0 Å². The van der Waals surface area contributed by atoms with E-state index < -0.39 is 6.43 Å². The molecule has 1 aromatic rings. The van der Waals surface area contributed by atoms with Crippen molar-refractivity contribution >= 4 is 17.9 Å². The van der Waals surface area contributed by atoms with Crippen molar-refractivity contribution in [2.45, 2.75) is 6.43 Å². The van der Waals surface area contributed by atoms with Crippen LogP contribution in [0.5, 0.6) is 0 Å². The van der Waals surface area contributed by atoms with Crippen LogP contribution in [0.4, 0.5) is 8.78 Å². The lowest BCUT2D eigenvalue weighted by atomic mass is 10.1. The van der Waals surface area contributed by atoms with Crippen LogP contribution >= 0.6 is 11.6 Å². The van der Waals surface area contributed by atoms with E-state index in [2.05, 4.69) is 0 Å². The summed E-state index contributed by atoms with van der Waals surface area (Å²) in [6.07, 6.45) is -2.11. The van der Waals surface area contributed by atoms with Crippen LogP contribution < -0.4 is 0 Å². The maximum absolute atomic E-state index is 12.1. The van der Waals surface area contributed by atoms with Gasteiger partial charge in [0.25, 0.3) is 6.43 Å². The van der Waals surface area contributed by atoms with Crippen LogP contribution in [-0.2, 0) is 0 Å². The molecule has 0 unspecified atom stereocenters. The monoisotopic (exact) mass is 190 g/mol. The van der Waals surface area contributed by atoms with E-state index >= 15 is 0 Å². The number of rotatable bonds is 2. The predicted octanol–water partition coefficient (Wildman–Crippen LogP) is 3.09. The summed E-state index contributed by atoms with van der Waals surface area (Å²) in [7, 11) is 0. The number of carbonyl (C=O) groups excluding carboxylic acids is 1. The predicted molar refractivity (Wildman–Crippen MR) is 41.8 cm³/mol. The van der Waals surface area contributed by atoms with E-state index in [4.69, 9.17) is 11.6 Å². The SMILES string of the molecule is O=Cc1cc(Cl)cc(C(F)F)c1. The highest BCUT2D eigenvalue weighted by atomic mass is 35.5. The second-order valence-corrected chi connectivity index (χ2v) is 2.67. The Morgan fingerprint density at radius 2 is 2.00 bits per heavy atom. The molecule has 0 aliphatic heterocycles.